The highest BCUT2D eigenvalue weighted by atomic mass is 16.5. The molecule has 234 valence electrons. The zero-order valence-corrected chi connectivity index (χ0v) is 25.0. The Morgan fingerprint density at radius 3 is 2.51 bits per heavy atom. The number of rotatable bonds is 14. The molecule has 1 unspecified atom stereocenters. The number of hydrogen-bond donors (Lipinski definition) is 4. The van der Waals surface area contributed by atoms with Crippen molar-refractivity contribution < 1.29 is 29.0 Å². The summed E-state index contributed by atoms with van der Waals surface area (Å²) in [4.78, 5) is 44.3. The third-order valence-corrected chi connectivity index (χ3v) is 8.35. The average molecular weight is 596 g/mol. The van der Waals surface area contributed by atoms with Gasteiger partial charge in [-0.2, -0.15) is 0 Å². The molecular formula is C32H45N5O6. The third kappa shape index (κ3) is 9.93. The number of alkyl carbamates (subject to hydrolysis) is 1. The Labute approximate surface area is 253 Å². The monoisotopic (exact) mass is 595 g/mol. The Hall–Kier alpha value is -3.70. The summed E-state index contributed by atoms with van der Waals surface area (Å²) in [5.41, 5.74) is 1.88. The molecule has 11 nitrogen and oxygen atoms in total. The smallest absolute Gasteiger partial charge is 0.407 e. The molecule has 1 aromatic carbocycles. The average Bonchev–Trinajstić information content (AvgIpc) is 3.02. The van der Waals surface area contributed by atoms with Crippen LogP contribution in [-0.4, -0.2) is 84.6 Å². The zero-order valence-electron chi connectivity index (χ0n) is 25.0. The highest BCUT2D eigenvalue weighted by molar-refractivity contribution is 5.82. The van der Waals surface area contributed by atoms with Crippen LogP contribution in [0.2, 0.25) is 0 Å². The van der Waals surface area contributed by atoms with Gasteiger partial charge in [0.1, 0.15) is 0 Å². The third-order valence-electron chi connectivity index (χ3n) is 8.35. The minimum absolute atomic E-state index is 0.129. The second kappa shape index (κ2) is 16.2. The van der Waals surface area contributed by atoms with Crippen LogP contribution in [0.15, 0.2) is 54.9 Å². The minimum atomic E-state index is -1.48. The van der Waals surface area contributed by atoms with Crippen LogP contribution >= 0.6 is 0 Å². The van der Waals surface area contributed by atoms with E-state index in [1.807, 2.05) is 55.6 Å². The molecule has 1 aliphatic carbocycles. The first-order valence-corrected chi connectivity index (χ1v) is 15.3. The number of nitrogens with zero attached hydrogens (tertiary/aromatic N) is 2. The number of morpholine rings is 1. The standard InChI is InChI=1S/C32H45N5O6/c1-24(26-10-3-2-4-11-26)35-29(39)28(38)27(12-5-6-16-34-30(40)37-17-19-42-20-18-37)36-31(41)43-23-32(13-8-14-32)21-25-9-7-15-33-22-25/h2-4,7,9-11,15,22,24,27-28,38H,5-6,8,12-14,16-21,23H2,1H3,(H,34,40)(H,35,39)(H,36,41)/t24-,27+,28?/m1/s1. The van der Waals surface area contributed by atoms with Gasteiger partial charge in [-0.15, -0.1) is 0 Å². The molecule has 4 rings (SSSR count). The van der Waals surface area contributed by atoms with E-state index in [9.17, 15) is 19.5 Å². The Kier molecular flexibility index (Phi) is 12.2. The molecule has 2 aromatic rings. The Morgan fingerprint density at radius 1 is 1.07 bits per heavy atom. The summed E-state index contributed by atoms with van der Waals surface area (Å²) in [6, 6.07) is 12.1. The molecule has 1 saturated heterocycles. The van der Waals surface area contributed by atoms with Crippen molar-refractivity contribution >= 4 is 18.0 Å². The lowest BCUT2D eigenvalue weighted by molar-refractivity contribution is -0.131. The number of benzene rings is 1. The number of unbranched alkanes of at least 4 members (excludes halogenated alkanes) is 1. The number of aromatic nitrogens is 1. The van der Waals surface area contributed by atoms with E-state index in [1.54, 1.807) is 11.1 Å². The normalized spacial score (nSPS) is 18.0. The highest BCUT2D eigenvalue weighted by Gasteiger charge is 2.39. The summed E-state index contributed by atoms with van der Waals surface area (Å²) in [7, 11) is 0. The largest absolute Gasteiger partial charge is 0.449 e. The van der Waals surface area contributed by atoms with Crippen LogP contribution in [0, 0.1) is 5.41 Å². The number of carbonyl (C=O) groups is 3. The van der Waals surface area contributed by atoms with Crippen molar-refractivity contribution in [2.75, 3.05) is 39.5 Å². The van der Waals surface area contributed by atoms with Gasteiger partial charge < -0.3 is 35.4 Å². The number of pyridine rings is 1. The summed E-state index contributed by atoms with van der Waals surface area (Å²) < 4.78 is 11.0. The van der Waals surface area contributed by atoms with Crippen molar-refractivity contribution in [3.8, 4) is 0 Å². The topological polar surface area (TPSA) is 142 Å². The molecule has 4 amide bonds. The number of aliphatic hydroxyl groups is 1. The second-order valence-electron chi connectivity index (χ2n) is 11.6. The van der Waals surface area contributed by atoms with E-state index in [0.717, 1.165) is 36.8 Å². The number of carbonyl (C=O) groups excluding carboxylic acids is 3. The van der Waals surface area contributed by atoms with Gasteiger partial charge in [0.25, 0.3) is 5.91 Å². The van der Waals surface area contributed by atoms with Crippen molar-refractivity contribution in [1.29, 1.82) is 0 Å². The van der Waals surface area contributed by atoms with Gasteiger partial charge >= 0.3 is 12.1 Å². The molecule has 0 spiro atoms. The first-order valence-electron chi connectivity index (χ1n) is 15.3. The molecule has 0 bridgehead atoms. The van der Waals surface area contributed by atoms with E-state index >= 15 is 0 Å². The van der Waals surface area contributed by atoms with Gasteiger partial charge in [0.15, 0.2) is 6.10 Å². The van der Waals surface area contributed by atoms with Gasteiger partial charge in [-0.1, -0.05) is 42.8 Å². The molecule has 1 saturated carbocycles. The van der Waals surface area contributed by atoms with E-state index in [2.05, 4.69) is 20.9 Å². The molecule has 0 radical (unpaired) electrons. The maximum absolute atomic E-state index is 13.0. The van der Waals surface area contributed by atoms with Crippen LogP contribution in [-0.2, 0) is 20.7 Å². The van der Waals surface area contributed by atoms with Crippen LogP contribution in [0.5, 0.6) is 0 Å². The molecule has 1 aromatic heterocycles. The predicted molar refractivity (Wildman–Crippen MR) is 161 cm³/mol. The van der Waals surface area contributed by atoms with E-state index in [1.165, 1.54) is 0 Å². The fraction of sp³-hybridized carbons (Fsp3) is 0.562. The van der Waals surface area contributed by atoms with E-state index < -0.39 is 24.1 Å². The number of nitrogens with one attached hydrogen (secondary N) is 3. The molecule has 3 atom stereocenters. The lowest BCUT2D eigenvalue weighted by Crippen LogP contribution is -2.51. The molecule has 43 heavy (non-hydrogen) atoms. The van der Waals surface area contributed by atoms with Crippen molar-refractivity contribution in [3.05, 3.63) is 66.0 Å². The van der Waals surface area contributed by atoms with Gasteiger partial charge in [-0.05, 0) is 62.6 Å². The summed E-state index contributed by atoms with van der Waals surface area (Å²) in [6.07, 6.45) is 6.72. The lowest BCUT2D eigenvalue weighted by atomic mass is 9.66. The van der Waals surface area contributed by atoms with Crippen molar-refractivity contribution in [2.24, 2.45) is 5.41 Å². The second-order valence-corrected chi connectivity index (χ2v) is 11.6. The molecule has 2 heterocycles. The lowest BCUT2D eigenvalue weighted by Gasteiger charge is -2.41. The van der Waals surface area contributed by atoms with E-state index in [0.29, 0.717) is 52.1 Å². The fourth-order valence-electron chi connectivity index (χ4n) is 5.57. The van der Waals surface area contributed by atoms with Crippen LogP contribution in [0.3, 0.4) is 0 Å². The Bertz CT molecular complexity index is 1160. The highest BCUT2D eigenvalue weighted by Crippen LogP contribution is 2.43. The van der Waals surface area contributed by atoms with Gasteiger partial charge in [0.2, 0.25) is 0 Å². The molecule has 11 heteroatoms. The van der Waals surface area contributed by atoms with Gasteiger partial charge in [-0.25, -0.2) is 9.59 Å². The Morgan fingerprint density at radius 2 is 1.84 bits per heavy atom. The van der Waals surface area contributed by atoms with E-state index in [-0.39, 0.29) is 24.1 Å². The maximum atomic E-state index is 13.0. The van der Waals surface area contributed by atoms with Crippen LogP contribution < -0.4 is 16.0 Å². The SMILES string of the molecule is C[C@@H](NC(=O)C(O)[C@H](CCCCNC(=O)N1CCOCC1)NC(=O)OCC1(Cc2cccnc2)CCC1)c1ccccc1. The van der Waals surface area contributed by atoms with Crippen molar-refractivity contribution in [3.63, 3.8) is 0 Å². The molecule has 4 N–H and O–H groups in total. The van der Waals surface area contributed by atoms with E-state index in [4.69, 9.17) is 9.47 Å². The van der Waals surface area contributed by atoms with Crippen molar-refractivity contribution in [2.45, 2.75) is 70.1 Å². The summed E-state index contributed by atoms with van der Waals surface area (Å²) >= 11 is 0. The summed E-state index contributed by atoms with van der Waals surface area (Å²) in [5.74, 6) is -0.575. The number of amides is 4. The van der Waals surface area contributed by atoms with Gasteiger partial charge in [-0.3, -0.25) is 9.78 Å². The number of hydrogen-bond acceptors (Lipinski definition) is 7. The summed E-state index contributed by atoms with van der Waals surface area (Å²) in [6.45, 7) is 4.72. The first kappa shape index (κ1) is 32.2. The quantitative estimate of drug-likeness (QED) is 0.246. The molecule has 2 aliphatic rings. The Balaban J connectivity index is 1.30. The molecule has 2 fully saturated rings. The van der Waals surface area contributed by atoms with Gasteiger partial charge in [0.05, 0.1) is 31.9 Å². The minimum Gasteiger partial charge on any atom is -0.449 e. The van der Waals surface area contributed by atoms with Gasteiger partial charge in [0, 0.05) is 37.4 Å². The first-order chi connectivity index (χ1) is 20.8. The summed E-state index contributed by atoms with van der Waals surface area (Å²) in [5, 5.41) is 19.5. The predicted octanol–water partition coefficient (Wildman–Crippen LogP) is 3.34. The van der Waals surface area contributed by atoms with Crippen LogP contribution in [0.1, 0.15) is 62.6 Å². The molecule has 1 aliphatic heterocycles. The number of aliphatic hydroxyl groups excluding tert-OH is 1. The van der Waals surface area contributed by atoms with Crippen LogP contribution in [0.25, 0.3) is 0 Å². The fourth-order valence-corrected chi connectivity index (χ4v) is 5.57. The molecular weight excluding hydrogens is 550 g/mol. The maximum Gasteiger partial charge on any atom is 0.407 e. The number of ether oxygens (including phenoxy) is 2. The van der Waals surface area contributed by atoms with Crippen LogP contribution in [0.4, 0.5) is 9.59 Å². The zero-order chi connectivity index (χ0) is 30.5. The number of urea groups is 1. The van der Waals surface area contributed by atoms with Crippen molar-refractivity contribution in [1.82, 2.24) is 25.8 Å².